The molecule has 3 rings (SSSR count). The molecular formula is C27H41F3O. The summed E-state index contributed by atoms with van der Waals surface area (Å²) in [4.78, 5) is 0. The second kappa shape index (κ2) is 11.2. The lowest BCUT2D eigenvalue weighted by Crippen LogP contribution is -2.32. The van der Waals surface area contributed by atoms with Gasteiger partial charge in [-0.25, -0.2) is 13.2 Å². The molecular weight excluding hydrogens is 397 g/mol. The predicted octanol–water partition coefficient (Wildman–Crippen LogP) is 8.57. The molecule has 2 fully saturated rings. The molecule has 2 aliphatic rings. The summed E-state index contributed by atoms with van der Waals surface area (Å²) in [5.74, 6) is -3.34. The lowest BCUT2D eigenvalue weighted by atomic mass is 9.67. The highest BCUT2D eigenvalue weighted by atomic mass is 19.2. The second-order valence-corrected chi connectivity index (χ2v) is 10.5. The topological polar surface area (TPSA) is 20.2 Å². The van der Waals surface area contributed by atoms with E-state index in [0.717, 1.165) is 25.0 Å². The Morgan fingerprint density at radius 2 is 1.42 bits per heavy atom. The van der Waals surface area contributed by atoms with Crippen LogP contribution >= 0.6 is 0 Å². The van der Waals surface area contributed by atoms with Crippen LogP contribution in [0.1, 0.15) is 122 Å². The fourth-order valence-electron chi connectivity index (χ4n) is 6.17. The molecule has 2 aliphatic carbocycles. The summed E-state index contributed by atoms with van der Waals surface area (Å²) in [5, 5.41) is 10.9. The van der Waals surface area contributed by atoms with Crippen LogP contribution in [0.3, 0.4) is 0 Å². The molecule has 4 heteroatoms. The summed E-state index contributed by atoms with van der Waals surface area (Å²) in [7, 11) is 0. The number of rotatable bonds is 10. The van der Waals surface area contributed by atoms with E-state index in [9.17, 15) is 18.3 Å². The molecule has 0 heterocycles. The molecule has 0 spiro atoms. The molecule has 0 unspecified atom stereocenters. The van der Waals surface area contributed by atoms with Crippen molar-refractivity contribution in [1.82, 2.24) is 0 Å². The summed E-state index contributed by atoms with van der Waals surface area (Å²) < 4.78 is 40.5. The highest BCUT2D eigenvalue weighted by Crippen LogP contribution is 2.46. The van der Waals surface area contributed by atoms with Gasteiger partial charge in [-0.1, -0.05) is 64.7 Å². The third-order valence-corrected chi connectivity index (χ3v) is 8.25. The maximum atomic E-state index is 13.6. The van der Waals surface area contributed by atoms with Crippen molar-refractivity contribution in [3.63, 3.8) is 0 Å². The molecule has 0 saturated heterocycles. The van der Waals surface area contributed by atoms with Crippen LogP contribution in [0.4, 0.5) is 13.2 Å². The molecule has 0 atom stereocenters. The maximum Gasteiger partial charge on any atom is 0.194 e. The Hall–Kier alpha value is -1.03. The summed E-state index contributed by atoms with van der Waals surface area (Å²) in [6.07, 6.45) is 20.2. The van der Waals surface area contributed by atoms with Crippen LogP contribution in [0.5, 0.6) is 0 Å². The van der Waals surface area contributed by atoms with Crippen LogP contribution in [0, 0.1) is 28.8 Å². The third kappa shape index (κ3) is 6.49. The third-order valence-electron chi connectivity index (χ3n) is 8.25. The Morgan fingerprint density at radius 1 is 0.839 bits per heavy atom. The van der Waals surface area contributed by atoms with E-state index in [1.54, 1.807) is 0 Å². The van der Waals surface area contributed by atoms with Gasteiger partial charge in [-0.05, 0) is 80.4 Å². The highest BCUT2D eigenvalue weighted by molar-refractivity contribution is 5.26. The van der Waals surface area contributed by atoms with E-state index in [1.807, 2.05) is 0 Å². The molecule has 0 aromatic heterocycles. The molecule has 1 aromatic carbocycles. The van der Waals surface area contributed by atoms with E-state index in [-0.39, 0.29) is 5.56 Å². The Morgan fingerprint density at radius 3 is 2.00 bits per heavy atom. The summed E-state index contributed by atoms with van der Waals surface area (Å²) >= 11 is 0. The van der Waals surface area contributed by atoms with Gasteiger partial charge in [0.05, 0.1) is 5.60 Å². The first-order valence-electron chi connectivity index (χ1n) is 12.7. The van der Waals surface area contributed by atoms with Gasteiger partial charge < -0.3 is 5.11 Å². The number of hydrogen-bond acceptors (Lipinski definition) is 1. The molecule has 0 amide bonds. The molecule has 2 saturated carbocycles. The van der Waals surface area contributed by atoms with Crippen molar-refractivity contribution in [2.24, 2.45) is 11.3 Å². The second-order valence-electron chi connectivity index (χ2n) is 10.5. The maximum absolute atomic E-state index is 13.6. The van der Waals surface area contributed by atoms with Crippen molar-refractivity contribution in [2.45, 2.75) is 122 Å². The zero-order chi connectivity index (χ0) is 22.3. The highest BCUT2D eigenvalue weighted by Gasteiger charge is 2.36. The Labute approximate surface area is 186 Å². The van der Waals surface area contributed by atoms with Gasteiger partial charge in [0, 0.05) is 0 Å². The largest absolute Gasteiger partial charge is 0.385 e. The molecule has 1 N–H and O–H groups in total. The normalized spacial score (nSPS) is 26.2. The molecule has 31 heavy (non-hydrogen) atoms. The Kier molecular flexibility index (Phi) is 8.90. The van der Waals surface area contributed by atoms with Gasteiger partial charge in [-0.3, -0.25) is 0 Å². The molecule has 1 aromatic rings. The van der Waals surface area contributed by atoms with E-state index in [4.69, 9.17) is 0 Å². The van der Waals surface area contributed by atoms with Crippen LogP contribution in [0.25, 0.3) is 0 Å². The van der Waals surface area contributed by atoms with Gasteiger partial charge in [-0.2, -0.15) is 0 Å². The van der Waals surface area contributed by atoms with Crippen LogP contribution in [-0.4, -0.2) is 5.11 Å². The van der Waals surface area contributed by atoms with E-state index in [1.165, 1.54) is 83.5 Å². The lowest BCUT2D eigenvalue weighted by Gasteiger charge is -2.38. The first kappa shape index (κ1) is 24.6. The SMILES string of the molecule is CCCCCC1(CCCCC2CCC(O)(c3cc(F)c(F)c(F)c3)CC2)CCCCC1. The number of unbranched alkanes of at least 4 members (excludes halogenated alkanes) is 3. The Bertz CT molecular complexity index is 665. The minimum absolute atomic E-state index is 0.175. The molecule has 0 aliphatic heterocycles. The number of benzene rings is 1. The first-order valence-corrected chi connectivity index (χ1v) is 12.7. The molecule has 0 radical (unpaired) electrons. The van der Waals surface area contributed by atoms with E-state index >= 15 is 0 Å². The van der Waals surface area contributed by atoms with Crippen LogP contribution in [-0.2, 0) is 5.60 Å². The van der Waals surface area contributed by atoms with Gasteiger partial charge >= 0.3 is 0 Å². The van der Waals surface area contributed by atoms with Gasteiger partial charge in [0.1, 0.15) is 0 Å². The quantitative estimate of drug-likeness (QED) is 0.286. The van der Waals surface area contributed by atoms with Crippen LogP contribution < -0.4 is 0 Å². The van der Waals surface area contributed by atoms with E-state index < -0.39 is 23.1 Å². The zero-order valence-corrected chi connectivity index (χ0v) is 19.3. The molecule has 0 bridgehead atoms. The number of halogens is 3. The molecule has 176 valence electrons. The van der Waals surface area contributed by atoms with Gasteiger partial charge in [0.2, 0.25) is 0 Å². The van der Waals surface area contributed by atoms with Gasteiger partial charge in [0.25, 0.3) is 0 Å². The standard InChI is InChI=1S/C27H41F3O/c1-2-3-6-13-26(14-7-4-8-15-26)16-9-5-10-21-11-17-27(31,18-12-21)22-19-23(28)25(30)24(29)20-22/h19-21,31H,2-18H2,1H3. The minimum Gasteiger partial charge on any atom is -0.385 e. The van der Waals surface area contributed by atoms with Crippen LogP contribution in [0.2, 0.25) is 0 Å². The first-order chi connectivity index (χ1) is 14.9. The fraction of sp³-hybridized carbons (Fsp3) is 0.778. The average molecular weight is 439 g/mol. The monoisotopic (exact) mass is 438 g/mol. The van der Waals surface area contributed by atoms with Crippen molar-refractivity contribution < 1.29 is 18.3 Å². The minimum atomic E-state index is -1.47. The smallest absolute Gasteiger partial charge is 0.194 e. The summed E-state index contributed by atoms with van der Waals surface area (Å²) in [5.41, 5.74) is -0.470. The van der Waals surface area contributed by atoms with Gasteiger partial charge in [-0.15, -0.1) is 0 Å². The summed E-state index contributed by atoms with van der Waals surface area (Å²) in [6.45, 7) is 2.28. The molecule has 1 nitrogen and oxygen atoms in total. The summed E-state index contributed by atoms with van der Waals surface area (Å²) in [6, 6.07) is 1.92. The average Bonchev–Trinajstić information content (AvgIpc) is 2.77. The zero-order valence-electron chi connectivity index (χ0n) is 19.3. The van der Waals surface area contributed by atoms with Crippen molar-refractivity contribution >= 4 is 0 Å². The Balaban J connectivity index is 1.43. The fourth-order valence-corrected chi connectivity index (χ4v) is 6.17. The number of hydrogen-bond donors (Lipinski definition) is 1. The lowest BCUT2D eigenvalue weighted by molar-refractivity contribution is -0.0161. The van der Waals surface area contributed by atoms with Gasteiger partial charge in [0.15, 0.2) is 17.5 Å². The van der Waals surface area contributed by atoms with Crippen molar-refractivity contribution in [3.05, 3.63) is 35.1 Å². The van der Waals surface area contributed by atoms with E-state index in [0.29, 0.717) is 24.2 Å². The number of aliphatic hydroxyl groups is 1. The van der Waals surface area contributed by atoms with E-state index in [2.05, 4.69) is 6.92 Å². The van der Waals surface area contributed by atoms with Crippen LogP contribution in [0.15, 0.2) is 12.1 Å². The van der Waals surface area contributed by atoms with Crippen molar-refractivity contribution in [1.29, 1.82) is 0 Å². The van der Waals surface area contributed by atoms with Crippen molar-refractivity contribution in [3.8, 4) is 0 Å². The predicted molar refractivity (Wildman–Crippen MR) is 120 cm³/mol. The van der Waals surface area contributed by atoms with Crippen molar-refractivity contribution in [2.75, 3.05) is 0 Å².